The van der Waals surface area contributed by atoms with Crippen molar-refractivity contribution < 1.29 is 19.5 Å². The first kappa shape index (κ1) is 9.52. The van der Waals surface area contributed by atoms with Gasteiger partial charge in [-0.1, -0.05) is 0 Å². The van der Waals surface area contributed by atoms with Gasteiger partial charge in [0.2, 0.25) is 5.78 Å². The van der Waals surface area contributed by atoms with Crippen LogP contribution in [0.5, 0.6) is 0 Å². The van der Waals surface area contributed by atoms with E-state index in [1.54, 1.807) is 0 Å². The molecule has 0 heterocycles. The summed E-state index contributed by atoms with van der Waals surface area (Å²) in [4.78, 5) is 23.0. The van der Waals surface area contributed by atoms with Crippen LogP contribution in [0, 0.1) is 0 Å². The third-order valence-corrected chi connectivity index (χ3v) is 1.06. The monoisotopic (exact) mass is 156 g/mol. The van der Waals surface area contributed by atoms with Crippen molar-refractivity contribution in [3.63, 3.8) is 0 Å². The molecule has 0 aromatic heterocycles. The van der Waals surface area contributed by atoms with Crippen molar-refractivity contribution in [2.24, 2.45) is 0 Å². The molecule has 0 aliphatic carbocycles. The van der Waals surface area contributed by atoms with Crippen LogP contribution in [0.25, 0.3) is 5.53 Å². The van der Waals surface area contributed by atoms with Crippen LogP contribution in [-0.4, -0.2) is 27.9 Å². The van der Waals surface area contributed by atoms with Gasteiger partial charge in [0, 0.05) is 12.8 Å². The van der Waals surface area contributed by atoms with Crippen molar-refractivity contribution in [1.29, 1.82) is 0 Å². The molecule has 0 unspecified atom stereocenters. The Hall–Kier alpha value is -1.48. The Balaban J connectivity index is 3.47. The van der Waals surface area contributed by atoms with Gasteiger partial charge in [-0.3, -0.25) is 4.79 Å². The maximum Gasteiger partial charge on any atom is 0.372 e. The molecule has 0 spiro atoms. The zero-order valence-corrected chi connectivity index (χ0v) is 5.86. The molecule has 0 saturated heterocycles. The second-order valence-corrected chi connectivity index (χ2v) is 1.92. The quantitative estimate of drug-likeness (QED) is 0.201. The normalized spacial score (nSPS) is 8.36. The lowest BCUT2D eigenvalue weighted by Crippen LogP contribution is -2.11. The summed E-state index contributed by atoms with van der Waals surface area (Å²) in [6, 6.07) is 0. The lowest BCUT2D eigenvalue weighted by molar-refractivity contribution is -0.149. The van der Waals surface area contributed by atoms with Crippen LogP contribution in [0.4, 0.5) is 0 Å². The predicted octanol–water partition coefficient (Wildman–Crippen LogP) is 0.111. The molecular weight excluding hydrogens is 148 g/mol. The first-order valence-electron chi connectivity index (χ1n) is 3.10. The van der Waals surface area contributed by atoms with Crippen LogP contribution < -0.4 is 0 Å². The lowest BCUT2D eigenvalue weighted by atomic mass is 10.2. The molecule has 11 heavy (non-hydrogen) atoms. The largest absolute Gasteiger partial charge is 0.476 e. The van der Waals surface area contributed by atoms with Gasteiger partial charge in [0.1, 0.15) is 0 Å². The minimum absolute atomic E-state index is 0.0125. The predicted molar refractivity (Wildman–Crippen MR) is 36.2 cm³/mol. The number of unbranched alkanes of at least 4 members (excludes halogenated alkanes) is 1. The summed E-state index contributed by atoms with van der Waals surface area (Å²) in [5.41, 5.74) is 7.91. The molecule has 60 valence electrons. The summed E-state index contributed by atoms with van der Waals surface area (Å²) in [6.45, 7) is 0. The Kier molecular flexibility index (Phi) is 4.60. The van der Waals surface area contributed by atoms with E-state index in [1.807, 2.05) is 0 Å². The van der Waals surface area contributed by atoms with E-state index in [0.29, 0.717) is 12.8 Å². The molecule has 1 N–H and O–H groups in total. The Morgan fingerprint density at radius 2 is 2.18 bits per heavy atom. The zero-order chi connectivity index (χ0) is 8.69. The number of aliphatic carboxylic acids is 1. The Morgan fingerprint density at radius 1 is 1.55 bits per heavy atom. The van der Waals surface area contributed by atoms with Gasteiger partial charge in [-0.15, -0.1) is 0 Å². The molecule has 0 bridgehead atoms. The van der Waals surface area contributed by atoms with E-state index in [4.69, 9.17) is 10.6 Å². The molecule has 0 atom stereocenters. The summed E-state index contributed by atoms with van der Waals surface area (Å²) in [6.07, 6.45) is 2.02. The topological polar surface area (TPSA) is 90.8 Å². The molecule has 0 radical (unpaired) electrons. The van der Waals surface area contributed by atoms with Gasteiger partial charge in [-0.2, -0.15) is 4.79 Å². The van der Waals surface area contributed by atoms with E-state index in [-0.39, 0.29) is 6.42 Å². The van der Waals surface area contributed by atoms with Gasteiger partial charge in [-0.25, -0.2) is 4.79 Å². The van der Waals surface area contributed by atoms with Crippen molar-refractivity contribution in [1.82, 2.24) is 0 Å². The minimum Gasteiger partial charge on any atom is -0.476 e. The van der Waals surface area contributed by atoms with Crippen LogP contribution in [0.2, 0.25) is 0 Å². The molecule has 0 saturated carbocycles. The average molecular weight is 156 g/mol. The van der Waals surface area contributed by atoms with E-state index >= 15 is 0 Å². The van der Waals surface area contributed by atoms with Crippen molar-refractivity contribution in [2.45, 2.75) is 19.3 Å². The fraction of sp³-hybridized carbons (Fsp3) is 0.500. The number of carboxylic acid groups (broad SMARTS) is 1. The highest BCUT2D eigenvalue weighted by Crippen LogP contribution is 1.93. The number of Topliss-reactive ketones (excluding diaryl/α,β-unsaturated/α-hetero) is 1. The van der Waals surface area contributed by atoms with Gasteiger partial charge < -0.3 is 10.6 Å². The third kappa shape index (κ3) is 4.99. The first-order valence-corrected chi connectivity index (χ1v) is 3.10. The summed E-state index contributed by atoms with van der Waals surface area (Å²) in [5.74, 6) is -2.22. The first-order chi connectivity index (χ1) is 5.18. The van der Waals surface area contributed by atoms with E-state index in [2.05, 4.69) is 4.79 Å². The van der Waals surface area contributed by atoms with Gasteiger partial charge in [0.15, 0.2) is 0 Å². The molecule has 0 aliphatic heterocycles. The molecule has 0 aromatic rings. The molecular formula is C6H8N2O3. The van der Waals surface area contributed by atoms with Crippen molar-refractivity contribution in [2.75, 3.05) is 0 Å². The second kappa shape index (κ2) is 5.32. The molecule has 0 aromatic carbocycles. The summed E-state index contributed by atoms with van der Waals surface area (Å²) in [7, 11) is 0. The van der Waals surface area contributed by atoms with E-state index in [9.17, 15) is 9.59 Å². The van der Waals surface area contributed by atoms with Crippen LogP contribution in [0.3, 0.4) is 0 Å². The summed E-state index contributed by atoms with van der Waals surface area (Å²) < 4.78 is 0. The van der Waals surface area contributed by atoms with Gasteiger partial charge in [-0.05, 0) is 6.42 Å². The number of hydrogen-bond donors (Lipinski definition) is 1. The molecule has 0 fully saturated rings. The molecule has 0 rings (SSSR count). The smallest absolute Gasteiger partial charge is 0.372 e. The molecule has 5 heteroatoms. The number of carboxylic acids is 1. The Morgan fingerprint density at radius 3 is 2.64 bits per heavy atom. The average Bonchev–Trinajstić information content (AvgIpc) is 1.97. The van der Waals surface area contributed by atoms with Gasteiger partial charge >= 0.3 is 5.97 Å². The van der Waals surface area contributed by atoms with Crippen molar-refractivity contribution >= 4 is 18.0 Å². The zero-order valence-electron chi connectivity index (χ0n) is 5.86. The molecule has 5 nitrogen and oxygen atoms in total. The molecule has 0 aliphatic rings. The van der Waals surface area contributed by atoms with Gasteiger partial charge in [0.05, 0.1) is 0 Å². The standard InChI is InChI=1S/C6H8N2O3/c7-8-4-2-1-3-5(9)6(10)11/h4H,1-3H2,(H,10,11). The second-order valence-electron chi connectivity index (χ2n) is 1.92. The highest BCUT2D eigenvalue weighted by molar-refractivity contribution is 6.32. The maximum atomic E-state index is 10.4. The highest BCUT2D eigenvalue weighted by Gasteiger charge is 2.09. The number of hydrogen-bond acceptors (Lipinski definition) is 2. The summed E-state index contributed by atoms with van der Waals surface area (Å²) in [5, 5.41) is 8.11. The fourth-order valence-corrected chi connectivity index (χ4v) is 0.519. The number of nitrogens with zero attached hydrogens (tertiary/aromatic N) is 2. The van der Waals surface area contributed by atoms with Crippen molar-refractivity contribution in [3.8, 4) is 0 Å². The minimum atomic E-state index is -1.41. The lowest BCUT2D eigenvalue weighted by Gasteiger charge is -1.88. The van der Waals surface area contributed by atoms with E-state index < -0.39 is 11.8 Å². The van der Waals surface area contributed by atoms with Crippen molar-refractivity contribution in [3.05, 3.63) is 5.53 Å². The number of carbonyl (C=O) groups is 2. The van der Waals surface area contributed by atoms with Crippen LogP contribution >= 0.6 is 0 Å². The Bertz CT molecular complexity index is 206. The maximum absolute atomic E-state index is 10.4. The highest BCUT2D eigenvalue weighted by atomic mass is 16.4. The summed E-state index contributed by atoms with van der Waals surface area (Å²) >= 11 is 0. The van der Waals surface area contributed by atoms with Crippen LogP contribution in [0.15, 0.2) is 0 Å². The van der Waals surface area contributed by atoms with Gasteiger partial charge in [0.25, 0.3) is 6.21 Å². The van der Waals surface area contributed by atoms with E-state index in [1.165, 1.54) is 6.21 Å². The number of ketones is 1. The fourth-order valence-electron chi connectivity index (χ4n) is 0.519. The third-order valence-electron chi connectivity index (χ3n) is 1.06. The Labute approximate surface area is 63.3 Å². The number of carbonyl (C=O) groups excluding carboxylic acids is 1. The number of rotatable bonds is 5. The van der Waals surface area contributed by atoms with Crippen LogP contribution in [-0.2, 0) is 9.59 Å². The molecule has 0 amide bonds. The SMILES string of the molecule is [N-]=[N+]=CCCCC(=O)C(=O)O. The van der Waals surface area contributed by atoms with Crippen LogP contribution in [0.1, 0.15) is 19.3 Å². The van der Waals surface area contributed by atoms with E-state index in [0.717, 1.165) is 0 Å².